The first-order valence-corrected chi connectivity index (χ1v) is 6.62. The van der Waals surface area contributed by atoms with Crippen LogP contribution in [0, 0.1) is 0 Å². The Balaban J connectivity index is 2.96. The lowest BCUT2D eigenvalue weighted by atomic mass is 10.1. The Kier molecular flexibility index (Phi) is 6.25. The van der Waals surface area contributed by atoms with Gasteiger partial charge in [0.05, 0.1) is 5.69 Å². The van der Waals surface area contributed by atoms with Crippen LogP contribution in [0.15, 0.2) is 49.2 Å². The van der Waals surface area contributed by atoms with Crippen LogP contribution in [0.4, 0.5) is 0 Å². The standard InChI is InChI=1S/C17H19NO4/c1-6-13-7-8-18-14(9-13)15(22-17(20)12(4)5)10-21-16(19)11(2)3/h6-9,15H,1-2,4,10H2,3,5H3. The number of hydrogen-bond acceptors (Lipinski definition) is 5. The van der Waals surface area contributed by atoms with E-state index in [4.69, 9.17) is 9.47 Å². The Morgan fingerprint density at radius 2 is 1.91 bits per heavy atom. The summed E-state index contributed by atoms with van der Waals surface area (Å²) in [6.07, 6.45) is 2.38. The molecule has 0 saturated heterocycles. The van der Waals surface area contributed by atoms with Crippen LogP contribution in [0.2, 0.25) is 0 Å². The van der Waals surface area contributed by atoms with Crippen LogP contribution in [0.5, 0.6) is 0 Å². The molecule has 1 atom stereocenters. The van der Waals surface area contributed by atoms with Gasteiger partial charge in [-0.05, 0) is 31.5 Å². The lowest BCUT2D eigenvalue weighted by molar-refractivity contribution is -0.154. The summed E-state index contributed by atoms with van der Waals surface area (Å²) in [6, 6.07) is 3.46. The third-order valence-corrected chi connectivity index (χ3v) is 2.68. The van der Waals surface area contributed by atoms with E-state index in [-0.39, 0.29) is 17.8 Å². The molecule has 0 spiro atoms. The molecule has 1 aromatic rings. The summed E-state index contributed by atoms with van der Waals surface area (Å²) in [7, 11) is 0. The zero-order chi connectivity index (χ0) is 16.7. The minimum Gasteiger partial charge on any atom is -0.458 e. The molecule has 0 saturated carbocycles. The SMILES string of the molecule is C=Cc1ccnc(C(COC(=O)C(=C)C)OC(=O)C(=C)C)c1. The zero-order valence-electron chi connectivity index (χ0n) is 12.8. The molecular formula is C17H19NO4. The molecule has 0 radical (unpaired) electrons. The van der Waals surface area contributed by atoms with E-state index in [1.54, 1.807) is 24.4 Å². The molecule has 0 bridgehead atoms. The highest BCUT2D eigenvalue weighted by atomic mass is 16.6. The van der Waals surface area contributed by atoms with Crippen molar-refractivity contribution in [2.75, 3.05) is 6.61 Å². The van der Waals surface area contributed by atoms with Crippen molar-refractivity contribution >= 4 is 18.0 Å². The van der Waals surface area contributed by atoms with Crippen LogP contribution < -0.4 is 0 Å². The molecule has 0 amide bonds. The van der Waals surface area contributed by atoms with E-state index in [0.29, 0.717) is 5.69 Å². The molecule has 5 heteroatoms. The van der Waals surface area contributed by atoms with E-state index in [1.807, 2.05) is 0 Å². The van der Waals surface area contributed by atoms with E-state index >= 15 is 0 Å². The molecule has 0 N–H and O–H groups in total. The van der Waals surface area contributed by atoms with Gasteiger partial charge in [-0.2, -0.15) is 0 Å². The second-order valence-electron chi connectivity index (χ2n) is 4.77. The lowest BCUT2D eigenvalue weighted by Crippen LogP contribution is -2.20. The van der Waals surface area contributed by atoms with Gasteiger partial charge in [-0.3, -0.25) is 4.98 Å². The molecule has 1 aromatic heterocycles. The van der Waals surface area contributed by atoms with Gasteiger partial charge in [-0.15, -0.1) is 0 Å². The molecule has 1 heterocycles. The number of aromatic nitrogens is 1. The normalized spacial score (nSPS) is 11.2. The maximum Gasteiger partial charge on any atom is 0.333 e. The third kappa shape index (κ3) is 5.01. The average molecular weight is 301 g/mol. The number of carbonyl (C=O) groups is 2. The largest absolute Gasteiger partial charge is 0.458 e. The summed E-state index contributed by atoms with van der Waals surface area (Å²) in [4.78, 5) is 27.4. The van der Waals surface area contributed by atoms with Gasteiger partial charge in [0.2, 0.25) is 0 Å². The quantitative estimate of drug-likeness (QED) is 0.572. The van der Waals surface area contributed by atoms with Crippen molar-refractivity contribution < 1.29 is 19.1 Å². The molecule has 0 aliphatic rings. The van der Waals surface area contributed by atoms with Crippen LogP contribution in [-0.2, 0) is 19.1 Å². The first-order valence-electron chi connectivity index (χ1n) is 6.62. The second kappa shape index (κ2) is 7.93. The average Bonchev–Trinajstić information content (AvgIpc) is 2.50. The molecule has 0 fully saturated rings. The number of hydrogen-bond donors (Lipinski definition) is 0. The number of carbonyl (C=O) groups excluding carboxylic acids is 2. The van der Waals surface area contributed by atoms with Crippen molar-refractivity contribution in [3.05, 3.63) is 60.5 Å². The van der Waals surface area contributed by atoms with E-state index in [1.165, 1.54) is 13.8 Å². The summed E-state index contributed by atoms with van der Waals surface area (Å²) in [6.45, 7) is 13.6. The van der Waals surface area contributed by atoms with Gasteiger partial charge in [0.15, 0.2) is 6.10 Å². The molecule has 1 unspecified atom stereocenters. The highest BCUT2D eigenvalue weighted by molar-refractivity contribution is 5.87. The fraction of sp³-hybridized carbons (Fsp3) is 0.235. The van der Waals surface area contributed by atoms with Crippen LogP contribution in [-0.4, -0.2) is 23.5 Å². The van der Waals surface area contributed by atoms with Crippen molar-refractivity contribution in [1.82, 2.24) is 4.98 Å². The highest BCUT2D eigenvalue weighted by Gasteiger charge is 2.21. The van der Waals surface area contributed by atoms with Crippen molar-refractivity contribution in [3.8, 4) is 0 Å². The Hall–Kier alpha value is -2.69. The van der Waals surface area contributed by atoms with Gasteiger partial charge in [0, 0.05) is 17.3 Å². The number of ether oxygens (including phenoxy) is 2. The monoisotopic (exact) mass is 301 g/mol. The number of nitrogens with zero attached hydrogens (tertiary/aromatic N) is 1. The molecule has 0 aromatic carbocycles. The van der Waals surface area contributed by atoms with Crippen molar-refractivity contribution in [2.45, 2.75) is 20.0 Å². The Labute approximate surface area is 130 Å². The van der Waals surface area contributed by atoms with E-state index in [9.17, 15) is 9.59 Å². The van der Waals surface area contributed by atoms with Crippen molar-refractivity contribution in [2.24, 2.45) is 0 Å². The molecule has 0 aliphatic heterocycles. The van der Waals surface area contributed by atoms with Gasteiger partial charge in [-0.1, -0.05) is 25.8 Å². The predicted molar refractivity (Wildman–Crippen MR) is 83.7 cm³/mol. The summed E-state index contributed by atoms with van der Waals surface area (Å²) >= 11 is 0. The van der Waals surface area contributed by atoms with Crippen LogP contribution in [0.3, 0.4) is 0 Å². The summed E-state index contributed by atoms with van der Waals surface area (Å²) in [5.41, 5.74) is 1.78. The van der Waals surface area contributed by atoms with Gasteiger partial charge >= 0.3 is 11.9 Å². The smallest absolute Gasteiger partial charge is 0.333 e. The third-order valence-electron chi connectivity index (χ3n) is 2.68. The van der Waals surface area contributed by atoms with Crippen LogP contribution in [0.1, 0.15) is 31.2 Å². The van der Waals surface area contributed by atoms with Crippen molar-refractivity contribution in [3.63, 3.8) is 0 Å². The van der Waals surface area contributed by atoms with Gasteiger partial charge in [0.1, 0.15) is 6.61 Å². The fourth-order valence-electron chi connectivity index (χ4n) is 1.45. The molecular weight excluding hydrogens is 282 g/mol. The van der Waals surface area contributed by atoms with Gasteiger partial charge < -0.3 is 9.47 Å². The molecule has 0 aliphatic carbocycles. The Morgan fingerprint density at radius 3 is 2.45 bits per heavy atom. The van der Waals surface area contributed by atoms with E-state index in [0.717, 1.165) is 5.56 Å². The molecule has 5 nitrogen and oxygen atoms in total. The lowest BCUT2D eigenvalue weighted by Gasteiger charge is -2.18. The maximum atomic E-state index is 11.7. The highest BCUT2D eigenvalue weighted by Crippen LogP contribution is 2.19. The maximum absolute atomic E-state index is 11.7. The second-order valence-corrected chi connectivity index (χ2v) is 4.77. The number of rotatable bonds is 7. The minimum absolute atomic E-state index is 0.154. The summed E-state index contributed by atoms with van der Waals surface area (Å²) in [5, 5.41) is 0. The topological polar surface area (TPSA) is 65.5 Å². The van der Waals surface area contributed by atoms with Crippen molar-refractivity contribution in [1.29, 1.82) is 0 Å². The van der Waals surface area contributed by atoms with E-state index < -0.39 is 18.0 Å². The Bertz CT molecular complexity index is 619. The number of pyridine rings is 1. The molecule has 1 rings (SSSR count). The summed E-state index contributed by atoms with van der Waals surface area (Å²) < 4.78 is 10.3. The van der Waals surface area contributed by atoms with Gasteiger partial charge in [0.25, 0.3) is 0 Å². The summed E-state index contributed by atoms with van der Waals surface area (Å²) in [5.74, 6) is -1.14. The predicted octanol–water partition coefficient (Wildman–Crippen LogP) is 3.00. The molecule has 22 heavy (non-hydrogen) atoms. The minimum atomic E-state index is -0.826. The Morgan fingerprint density at radius 1 is 1.27 bits per heavy atom. The van der Waals surface area contributed by atoms with Crippen LogP contribution in [0.25, 0.3) is 6.08 Å². The fourth-order valence-corrected chi connectivity index (χ4v) is 1.45. The van der Waals surface area contributed by atoms with E-state index in [2.05, 4.69) is 24.7 Å². The zero-order valence-corrected chi connectivity index (χ0v) is 12.8. The first kappa shape index (κ1) is 17.4. The number of esters is 2. The first-order chi connectivity index (χ1) is 10.3. The van der Waals surface area contributed by atoms with Gasteiger partial charge in [-0.25, -0.2) is 9.59 Å². The van der Waals surface area contributed by atoms with Crippen LogP contribution >= 0.6 is 0 Å². The molecule has 116 valence electrons.